The summed E-state index contributed by atoms with van der Waals surface area (Å²) in [6.07, 6.45) is 11.2. The summed E-state index contributed by atoms with van der Waals surface area (Å²) in [6, 6.07) is 1.42. The lowest BCUT2D eigenvalue weighted by Gasteiger charge is -2.12. The SMILES string of the molecule is CCCCCCCCCCCc1c(O)cc(C)c(C(=O)O)c1O. The Morgan fingerprint density at radius 3 is 2.00 bits per heavy atom. The van der Waals surface area contributed by atoms with E-state index in [1.54, 1.807) is 6.92 Å². The maximum Gasteiger partial charge on any atom is 0.339 e. The molecule has 0 spiro atoms. The molecule has 0 amide bonds. The lowest BCUT2D eigenvalue weighted by molar-refractivity contribution is 0.0692. The molecule has 0 fully saturated rings. The number of aromatic carboxylic acids is 1. The molecule has 130 valence electrons. The highest BCUT2D eigenvalue weighted by Crippen LogP contribution is 2.34. The summed E-state index contributed by atoms with van der Waals surface area (Å²) in [4.78, 5) is 11.2. The maximum atomic E-state index is 11.2. The fourth-order valence-corrected chi connectivity index (χ4v) is 2.95. The van der Waals surface area contributed by atoms with Crippen LogP contribution in [0.25, 0.3) is 0 Å². The topological polar surface area (TPSA) is 77.8 Å². The van der Waals surface area contributed by atoms with E-state index >= 15 is 0 Å². The molecule has 0 saturated carbocycles. The zero-order valence-corrected chi connectivity index (χ0v) is 14.4. The van der Waals surface area contributed by atoms with E-state index in [1.807, 2.05) is 0 Å². The van der Waals surface area contributed by atoms with Gasteiger partial charge in [0.15, 0.2) is 0 Å². The van der Waals surface area contributed by atoms with E-state index in [0.717, 1.165) is 19.3 Å². The van der Waals surface area contributed by atoms with E-state index in [9.17, 15) is 15.0 Å². The van der Waals surface area contributed by atoms with Crippen molar-refractivity contribution in [1.82, 2.24) is 0 Å². The second-order valence-corrected chi connectivity index (χ2v) is 6.30. The highest BCUT2D eigenvalue weighted by atomic mass is 16.4. The zero-order chi connectivity index (χ0) is 17.2. The molecule has 23 heavy (non-hydrogen) atoms. The van der Waals surface area contributed by atoms with Gasteiger partial charge in [-0.3, -0.25) is 0 Å². The molecule has 0 aliphatic heterocycles. The molecule has 1 aromatic carbocycles. The summed E-state index contributed by atoms with van der Waals surface area (Å²) >= 11 is 0. The summed E-state index contributed by atoms with van der Waals surface area (Å²) < 4.78 is 0. The number of unbranched alkanes of at least 4 members (excludes halogenated alkanes) is 8. The van der Waals surface area contributed by atoms with Crippen LogP contribution in [0, 0.1) is 6.92 Å². The van der Waals surface area contributed by atoms with E-state index < -0.39 is 5.97 Å². The van der Waals surface area contributed by atoms with Gasteiger partial charge >= 0.3 is 5.97 Å². The number of carboxylic acids is 1. The van der Waals surface area contributed by atoms with Gasteiger partial charge in [0.05, 0.1) is 0 Å². The Morgan fingerprint density at radius 1 is 0.957 bits per heavy atom. The average molecular weight is 322 g/mol. The minimum Gasteiger partial charge on any atom is -0.508 e. The van der Waals surface area contributed by atoms with Crippen molar-refractivity contribution in [2.45, 2.75) is 78.1 Å². The number of hydrogen-bond donors (Lipinski definition) is 3. The van der Waals surface area contributed by atoms with Gasteiger partial charge < -0.3 is 15.3 Å². The number of rotatable bonds is 11. The molecule has 0 saturated heterocycles. The Bertz CT molecular complexity index is 509. The number of aryl methyl sites for hydroxylation is 1. The minimum absolute atomic E-state index is 0.00966. The number of phenolic OH excluding ortho intramolecular Hbond substituents is 1. The van der Waals surface area contributed by atoms with Gasteiger partial charge in [-0.15, -0.1) is 0 Å². The third-order valence-electron chi connectivity index (χ3n) is 4.32. The molecule has 0 atom stereocenters. The Kier molecular flexibility index (Phi) is 8.52. The fraction of sp³-hybridized carbons (Fsp3) is 0.632. The van der Waals surface area contributed by atoms with Crippen LogP contribution in [0.5, 0.6) is 11.5 Å². The molecule has 4 heteroatoms. The van der Waals surface area contributed by atoms with Crippen LogP contribution in [-0.2, 0) is 6.42 Å². The number of hydrogen-bond acceptors (Lipinski definition) is 3. The smallest absolute Gasteiger partial charge is 0.339 e. The molecule has 0 aromatic heterocycles. The van der Waals surface area contributed by atoms with E-state index in [2.05, 4.69) is 6.92 Å². The molecule has 0 aliphatic carbocycles. The number of benzene rings is 1. The monoisotopic (exact) mass is 322 g/mol. The van der Waals surface area contributed by atoms with Gasteiger partial charge in [0.25, 0.3) is 0 Å². The summed E-state index contributed by atoms with van der Waals surface area (Å²) in [6.45, 7) is 3.79. The number of aromatic hydroxyl groups is 2. The van der Waals surface area contributed by atoms with Crippen LogP contribution in [-0.4, -0.2) is 21.3 Å². The van der Waals surface area contributed by atoms with Gasteiger partial charge in [-0.2, -0.15) is 0 Å². The van der Waals surface area contributed by atoms with Crippen LogP contribution < -0.4 is 0 Å². The highest BCUT2D eigenvalue weighted by Gasteiger charge is 2.19. The average Bonchev–Trinajstić information content (AvgIpc) is 2.47. The van der Waals surface area contributed by atoms with Crippen LogP contribution in [0.2, 0.25) is 0 Å². The van der Waals surface area contributed by atoms with Crippen LogP contribution in [0.4, 0.5) is 0 Å². The molecule has 0 radical (unpaired) electrons. The van der Waals surface area contributed by atoms with Gasteiger partial charge in [0.1, 0.15) is 17.1 Å². The predicted molar refractivity (Wildman–Crippen MR) is 92.4 cm³/mol. The van der Waals surface area contributed by atoms with E-state index in [4.69, 9.17) is 5.11 Å². The third-order valence-corrected chi connectivity index (χ3v) is 4.32. The van der Waals surface area contributed by atoms with Crippen molar-refractivity contribution in [3.8, 4) is 11.5 Å². The predicted octanol–water partition coefficient (Wildman–Crippen LogP) is 5.18. The highest BCUT2D eigenvalue weighted by molar-refractivity contribution is 5.93. The molecule has 0 unspecified atom stereocenters. The van der Waals surface area contributed by atoms with E-state index in [1.165, 1.54) is 44.6 Å². The normalized spacial score (nSPS) is 10.9. The first kappa shape index (κ1) is 19.3. The standard InChI is InChI=1S/C19H30O4/c1-3-4-5-6-7-8-9-10-11-12-15-16(20)13-14(2)17(18(15)21)19(22)23/h13,20-21H,3-12H2,1-2H3,(H,22,23). The Hall–Kier alpha value is -1.71. The number of phenols is 2. The molecule has 4 nitrogen and oxygen atoms in total. The first-order valence-electron chi connectivity index (χ1n) is 8.76. The Balaban J connectivity index is 2.41. The largest absolute Gasteiger partial charge is 0.508 e. The van der Waals surface area contributed by atoms with Crippen LogP contribution in [0.15, 0.2) is 6.07 Å². The van der Waals surface area contributed by atoms with E-state index in [0.29, 0.717) is 17.5 Å². The molecular formula is C19H30O4. The lowest BCUT2D eigenvalue weighted by Crippen LogP contribution is -2.03. The molecule has 1 aromatic rings. The summed E-state index contributed by atoms with van der Waals surface area (Å²) in [5.74, 6) is -1.45. The van der Waals surface area contributed by atoms with Crippen LogP contribution in [0.1, 0.15) is 86.2 Å². The van der Waals surface area contributed by atoms with Gasteiger partial charge in [0.2, 0.25) is 0 Å². The molecule has 0 bridgehead atoms. The summed E-state index contributed by atoms with van der Waals surface area (Å²) in [5.41, 5.74) is 0.632. The summed E-state index contributed by atoms with van der Waals surface area (Å²) in [5, 5.41) is 29.2. The molecule has 0 aliphatic rings. The second kappa shape index (κ2) is 10.1. The van der Waals surface area contributed by atoms with Crippen molar-refractivity contribution < 1.29 is 20.1 Å². The number of carboxylic acid groups (broad SMARTS) is 1. The van der Waals surface area contributed by atoms with Crippen molar-refractivity contribution in [2.75, 3.05) is 0 Å². The van der Waals surface area contributed by atoms with Gasteiger partial charge in [-0.1, -0.05) is 58.3 Å². The van der Waals surface area contributed by atoms with Crippen LogP contribution in [0.3, 0.4) is 0 Å². The fourth-order valence-electron chi connectivity index (χ4n) is 2.95. The van der Waals surface area contributed by atoms with Gasteiger partial charge in [-0.05, 0) is 31.4 Å². The Labute approximate surface area is 139 Å². The molecule has 3 N–H and O–H groups in total. The number of carbonyl (C=O) groups is 1. The molecular weight excluding hydrogens is 292 g/mol. The van der Waals surface area contributed by atoms with Crippen molar-refractivity contribution in [2.24, 2.45) is 0 Å². The Morgan fingerprint density at radius 2 is 1.48 bits per heavy atom. The van der Waals surface area contributed by atoms with Gasteiger partial charge in [0, 0.05) is 5.56 Å². The molecule has 1 rings (SSSR count). The van der Waals surface area contributed by atoms with Crippen molar-refractivity contribution >= 4 is 5.97 Å². The third kappa shape index (κ3) is 6.12. The van der Waals surface area contributed by atoms with Crippen molar-refractivity contribution in [3.63, 3.8) is 0 Å². The van der Waals surface area contributed by atoms with E-state index in [-0.39, 0.29) is 17.1 Å². The van der Waals surface area contributed by atoms with Crippen molar-refractivity contribution in [1.29, 1.82) is 0 Å². The first-order chi connectivity index (χ1) is 11.0. The first-order valence-corrected chi connectivity index (χ1v) is 8.76. The second-order valence-electron chi connectivity index (χ2n) is 6.30. The zero-order valence-electron chi connectivity index (χ0n) is 14.4. The van der Waals surface area contributed by atoms with Crippen LogP contribution >= 0.6 is 0 Å². The minimum atomic E-state index is -1.16. The molecule has 0 heterocycles. The lowest BCUT2D eigenvalue weighted by atomic mass is 9.97. The van der Waals surface area contributed by atoms with Gasteiger partial charge in [-0.25, -0.2) is 4.79 Å². The maximum absolute atomic E-state index is 11.2. The quantitative estimate of drug-likeness (QED) is 0.491. The van der Waals surface area contributed by atoms with Crippen molar-refractivity contribution in [3.05, 3.63) is 22.8 Å². The summed E-state index contributed by atoms with van der Waals surface area (Å²) in [7, 11) is 0.